The van der Waals surface area contributed by atoms with Crippen LogP contribution in [-0.2, 0) is 9.59 Å². The van der Waals surface area contributed by atoms with E-state index < -0.39 is 6.10 Å². The molecule has 19 heavy (non-hydrogen) atoms. The van der Waals surface area contributed by atoms with Crippen LogP contribution < -0.4 is 20.3 Å². The van der Waals surface area contributed by atoms with Crippen LogP contribution >= 0.6 is 0 Å². The summed E-state index contributed by atoms with van der Waals surface area (Å²) in [5.74, 6) is 0.397. The van der Waals surface area contributed by atoms with Gasteiger partial charge < -0.3 is 20.3 Å². The molecule has 6 heteroatoms. The zero-order valence-electron chi connectivity index (χ0n) is 11.2. The third-order valence-corrected chi connectivity index (χ3v) is 2.92. The molecule has 0 fully saturated rings. The van der Waals surface area contributed by atoms with Gasteiger partial charge in [-0.05, 0) is 32.2 Å². The predicted octanol–water partition coefficient (Wildman–Crippen LogP) is 0.588. The zero-order chi connectivity index (χ0) is 14.0. The van der Waals surface area contributed by atoms with Gasteiger partial charge in [0.1, 0.15) is 5.75 Å². The Labute approximate surface area is 111 Å². The summed E-state index contributed by atoms with van der Waals surface area (Å²) in [6, 6.07) is 5.24. The monoisotopic (exact) mass is 263 g/mol. The predicted molar refractivity (Wildman–Crippen MR) is 72.5 cm³/mol. The highest BCUT2D eigenvalue weighted by atomic mass is 16.5. The second kappa shape index (κ2) is 5.27. The molecule has 2 N–H and O–H groups in total. The van der Waals surface area contributed by atoms with Crippen molar-refractivity contribution in [1.82, 2.24) is 5.32 Å². The van der Waals surface area contributed by atoms with Crippen molar-refractivity contribution in [3.8, 4) is 5.75 Å². The molecular formula is C13H17N3O3. The van der Waals surface area contributed by atoms with Gasteiger partial charge in [0.15, 0.2) is 6.10 Å². The summed E-state index contributed by atoms with van der Waals surface area (Å²) in [6.07, 6.45) is -0.484. The summed E-state index contributed by atoms with van der Waals surface area (Å²) in [6.45, 7) is 1.95. The summed E-state index contributed by atoms with van der Waals surface area (Å²) in [4.78, 5) is 24.9. The van der Waals surface area contributed by atoms with Gasteiger partial charge in [0, 0.05) is 12.7 Å². The molecule has 0 saturated heterocycles. The Morgan fingerprint density at radius 3 is 2.89 bits per heavy atom. The molecule has 1 aromatic carbocycles. The average molecular weight is 263 g/mol. The van der Waals surface area contributed by atoms with E-state index >= 15 is 0 Å². The number of amides is 2. The Kier molecular flexibility index (Phi) is 3.71. The highest BCUT2D eigenvalue weighted by Gasteiger charge is 2.28. The topological polar surface area (TPSA) is 70.7 Å². The second-order valence-electron chi connectivity index (χ2n) is 4.42. The Bertz CT molecular complexity index is 516. The summed E-state index contributed by atoms with van der Waals surface area (Å²) in [7, 11) is 3.40. The minimum absolute atomic E-state index is 0.105. The standard InChI is InChI=1S/C13H17N3O3/c1-8-13(18)16(3)10-6-9(4-5-11(10)19-8)15-12(17)7-14-2/h4-6,8,14H,7H2,1-3H3,(H,15,17). The first-order valence-electron chi connectivity index (χ1n) is 6.05. The van der Waals surface area contributed by atoms with Crippen LogP contribution in [0.15, 0.2) is 18.2 Å². The van der Waals surface area contributed by atoms with Gasteiger partial charge in [0.25, 0.3) is 5.91 Å². The highest BCUT2D eigenvalue weighted by Crippen LogP contribution is 2.35. The number of carbonyl (C=O) groups is 2. The van der Waals surface area contributed by atoms with Gasteiger partial charge >= 0.3 is 0 Å². The lowest BCUT2D eigenvalue weighted by Gasteiger charge is -2.30. The van der Waals surface area contributed by atoms with Crippen LogP contribution in [0.4, 0.5) is 11.4 Å². The highest BCUT2D eigenvalue weighted by molar-refractivity contribution is 6.00. The first-order chi connectivity index (χ1) is 9.02. The minimum atomic E-state index is -0.484. The quantitative estimate of drug-likeness (QED) is 0.837. The van der Waals surface area contributed by atoms with Gasteiger partial charge in [0.05, 0.1) is 12.2 Å². The molecule has 102 valence electrons. The molecule has 2 rings (SSSR count). The molecule has 0 aromatic heterocycles. The maximum Gasteiger partial charge on any atom is 0.267 e. The molecule has 0 bridgehead atoms. The average Bonchev–Trinajstić information content (AvgIpc) is 2.37. The van der Waals surface area contributed by atoms with Crippen LogP contribution in [0.1, 0.15) is 6.92 Å². The van der Waals surface area contributed by atoms with Crippen LogP contribution in [0.5, 0.6) is 5.75 Å². The Hall–Kier alpha value is -2.08. The fourth-order valence-corrected chi connectivity index (χ4v) is 1.95. The summed E-state index contributed by atoms with van der Waals surface area (Å²) < 4.78 is 5.51. The fraction of sp³-hybridized carbons (Fsp3) is 0.385. The Morgan fingerprint density at radius 1 is 1.47 bits per heavy atom. The SMILES string of the molecule is CNCC(=O)Nc1ccc2c(c1)N(C)C(=O)C(C)O2. The van der Waals surface area contributed by atoms with E-state index in [1.165, 1.54) is 4.90 Å². The molecule has 0 radical (unpaired) electrons. The van der Waals surface area contributed by atoms with Gasteiger partial charge in [-0.1, -0.05) is 0 Å². The Balaban J connectivity index is 2.24. The molecule has 6 nitrogen and oxygen atoms in total. The normalized spacial score (nSPS) is 17.7. The minimum Gasteiger partial charge on any atom is -0.479 e. The number of hydrogen-bond acceptors (Lipinski definition) is 4. The van der Waals surface area contributed by atoms with E-state index in [0.717, 1.165) is 0 Å². The molecule has 1 aromatic rings. The number of hydrogen-bond donors (Lipinski definition) is 2. The molecule has 2 amide bonds. The third kappa shape index (κ3) is 2.68. The van der Waals surface area contributed by atoms with Crippen molar-refractivity contribution >= 4 is 23.2 Å². The van der Waals surface area contributed by atoms with Crippen LogP contribution in [0.25, 0.3) is 0 Å². The number of rotatable bonds is 3. The summed E-state index contributed by atoms with van der Waals surface area (Å²) in [5, 5.41) is 5.52. The van der Waals surface area contributed by atoms with E-state index in [2.05, 4.69) is 10.6 Å². The molecule has 1 heterocycles. The van der Waals surface area contributed by atoms with Crippen molar-refractivity contribution in [2.45, 2.75) is 13.0 Å². The maximum absolute atomic E-state index is 11.8. The number of carbonyl (C=O) groups excluding carboxylic acids is 2. The second-order valence-corrected chi connectivity index (χ2v) is 4.42. The van der Waals surface area contributed by atoms with Gasteiger partial charge in [-0.15, -0.1) is 0 Å². The van der Waals surface area contributed by atoms with Crippen molar-refractivity contribution in [3.05, 3.63) is 18.2 Å². The third-order valence-electron chi connectivity index (χ3n) is 2.92. The first kappa shape index (κ1) is 13.4. The van der Waals surface area contributed by atoms with Gasteiger partial charge in [0.2, 0.25) is 5.91 Å². The van der Waals surface area contributed by atoms with Crippen LogP contribution in [-0.4, -0.2) is 38.6 Å². The lowest BCUT2D eigenvalue weighted by atomic mass is 10.2. The number of ether oxygens (including phenoxy) is 1. The number of nitrogens with zero attached hydrogens (tertiary/aromatic N) is 1. The van der Waals surface area contributed by atoms with Crippen LogP contribution in [0.2, 0.25) is 0 Å². The smallest absolute Gasteiger partial charge is 0.267 e. The molecule has 1 unspecified atom stereocenters. The zero-order valence-corrected chi connectivity index (χ0v) is 11.2. The molecule has 0 saturated carbocycles. The number of likely N-dealkylation sites (N-methyl/N-ethyl adjacent to an activating group) is 2. The van der Waals surface area contributed by atoms with E-state index in [-0.39, 0.29) is 18.4 Å². The van der Waals surface area contributed by atoms with E-state index in [1.54, 1.807) is 39.2 Å². The van der Waals surface area contributed by atoms with E-state index in [1.807, 2.05) is 0 Å². The van der Waals surface area contributed by atoms with Crippen molar-refractivity contribution in [1.29, 1.82) is 0 Å². The van der Waals surface area contributed by atoms with Crippen molar-refractivity contribution < 1.29 is 14.3 Å². The lowest BCUT2D eigenvalue weighted by Crippen LogP contribution is -2.42. The Morgan fingerprint density at radius 2 is 2.21 bits per heavy atom. The fourth-order valence-electron chi connectivity index (χ4n) is 1.95. The van der Waals surface area contributed by atoms with Crippen molar-refractivity contribution in [2.75, 3.05) is 30.9 Å². The first-order valence-corrected chi connectivity index (χ1v) is 6.05. The van der Waals surface area contributed by atoms with E-state index in [0.29, 0.717) is 17.1 Å². The van der Waals surface area contributed by atoms with Crippen molar-refractivity contribution in [3.63, 3.8) is 0 Å². The van der Waals surface area contributed by atoms with Crippen molar-refractivity contribution in [2.24, 2.45) is 0 Å². The number of fused-ring (bicyclic) bond motifs is 1. The van der Waals surface area contributed by atoms with Gasteiger partial charge in [-0.3, -0.25) is 9.59 Å². The van der Waals surface area contributed by atoms with Gasteiger partial charge in [-0.2, -0.15) is 0 Å². The lowest BCUT2D eigenvalue weighted by molar-refractivity contribution is -0.125. The summed E-state index contributed by atoms with van der Waals surface area (Å²) >= 11 is 0. The molecule has 1 aliphatic heterocycles. The van der Waals surface area contributed by atoms with Gasteiger partial charge in [-0.25, -0.2) is 0 Å². The number of anilines is 2. The molecule has 0 spiro atoms. The van der Waals surface area contributed by atoms with Crippen LogP contribution in [0.3, 0.4) is 0 Å². The number of nitrogens with one attached hydrogen (secondary N) is 2. The molecule has 0 aliphatic carbocycles. The largest absolute Gasteiger partial charge is 0.479 e. The summed E-state index contributed by atoms with van der Waals surface area (Å²) in [5.41, 5.74) is 1.29. The molecule has 1 atom stereocenters. The molecule has 1 aliphatic rings. The molecular weight excluding hydrogens is 246 g/mol. The van der Waals surface area contributed by atoms with E-state index in [9.17, 15) is 9.59 Å². The van der Waals surface area contributed by atoms with Crippen LogP contribution in [0, 0.1) is 0 Å². The van der Waals surface area contributed by atoms with E-state index in [4.69, 9.17) is 4.74 Å². The number of benzene rings is 1. The maximum atomic E-state index is 11.8.